The van der Waals surface area contributed by atoms with Crippen molar-refractivity contribution in [1.82, 2.24) is 5.32 Å². The second kappa shape index (κ2) is 5.27. The molecule has 2 rings (SSSR count). The van der Waals surface area contributed by atoms with E-state index in [1.165, 1.54) is 0 Å². The number of carbonyl (C=O) groups is 2. The van der Waals surface area contributed by atoms with Gasteiger partial charge in [0.1, 0.15) is 0 Å². The molecular weight excluding hydrogens is 254 g/mol. The van der Waals surface area contributed by atoms with Crippen LogP contribution in [0.15, 0.2) is 30.3 Å². The first kappa shape index (κ1) is 14.6. The van der Waals surface area contributed by atoms with Gasteiger partial charge in [0.2, 0.25) is 5.91 Å². The van der Waals surface area contributed by atoms with Gasteiger partial charge < -0.3 is 10.4 Å². The van der Waals surface area contributed by atoms with E-state index >= 15 is 0 Å². The molecule has 1 amide bonds. The number of benzene rings is 1. The van der Waals surface area contributed by atoms with E-state index in [9.17, 15) is 9.59 Å². The molecule has 0 spiro atoms. The van der Waals surface area contributed by atoms with Crippen LogP contribution in [-0.2, 0) is 15.0 Å². The van der Waals surface area contributed by atoms with Crippen LogP contribution in [0.25, 0.3) is 0 Å². The first-order valence-electron chi connectivity index (χ1n) is 6.96. The summed E-state index contributed by atoms with van der Waals surface area (Å²) in [5.74, 6) is -0.959. The molecule has 1 aliphatic carbocycles. The molecule has 0 radical (unpaired) electrons. The third-order valence-corrected chi connectivity index (χ3v) is 4.01. The van der Waals surface area contributed by atoms with E-state index < -0.39 is 16.9 Å². The minimum Gasteiger partial charge on any atom is -0.481 e. The lowest BCUT2D eigenvalue weighted by atomic mass is 9.63. The van der Waals surface area contributed by atoms with E-state index in [1.807, 2.05) is 30.3 Å². The minimum atomic E-state index is -0.905. The second-order valence-corrected chi connectivity index (χ2v) is 6.21. The molecule has 1 saturated carbocycles. The second-order valence-electron chi connectivity index (χ2n) is 6.21. The third kappa shape index (κ3) is 2.84. The molecule has 0 heterocycles. The van der Waals surface area contributed by atoms with Crippen LogP contribution >= 0.6 is 0 Å². The van der Waals surface area contributed by atoms with Crippen molar-refractivity contribution < 1.29 is 14.7 Å². The van der Waals surface area contributed by atoms with Crippen LogP contribution < -0.4 is 5.32 Å². The quantitative estimate of drug-likeness (QED) is 0.867. The molecule has 1 aromatic carbocycles. The molecule has 4 nitrogen and oxygen atoms in total. The van der Waals surface area contributed by atoms with E-state index in [0.29, 0.717) is 0 Å². The Morgan fingerprint density at radius 2 is 1.85 bits per heavy atom. The zero-order chi connectivity index (χ0) is 14.8. The molecule has 0 aromatic heterocycles. The number of carboxylic acid groups (broad SMARTS) is 1. The topological polar surface area (TPSA) is 66.4 Å². The van der Waals surface area contributed by atoms with E-state index in [2.05, 4.69) is 5.32 Å². The summed E-state index contributed by atoms with van der Waals surface area (Å²) in [6.45, 7) is 3.49. The smallest absolute Gasteiger partial charge is 0.305 e. The molecule has 1 aromatic rings. The number of nitrogens with one attached hydrogen (secondary N) is 1. The van der Waals surface area contributed by atoms with Crippen molar-refractivity contribution in [3.63, 3.8) is 0 Å². The van der Waals surface area contributed by atoms with Crippen molar-refractivity contribution in [2.45, 2.75) is 50.5 Å². The summed E-state index contributed by atoms with van der Waals surface area (Å²) in [6.07, 6.45) is 2.60. The molecule has 2 N–H and O–H groups in total. The summed E-state index contributed by atoms with van der Waals surface area (Å²) in [6, 6.07) is 9.75. The van der Waals surface area contributed by atoms with Gasteiger partial charge in [0.25, 0.3) is 0 Å². The number of aliphatic carboxylic acids is 1. The van der Waals surface area contributed by atoms with Crippen LogP contribution in [0.1, 0.15) is 45.1 Å². The van der Waals surface area contributed by atoms with E-state index in [-0.39, 0.29) is 12.3 Å². The van der Waals surface area contributed by atoms with Gasteiger partial charge in [-0.3, -0.25) is 9.59 Å². The van der Waals surface area contributed by atoms with Crippen molar-refractivity contribution in [2.24, 2.45) is 0 Å². The lowest BCUT2D eigenvalue weighted by Crippen LogP contribution is -2.55. The molecular formula is C16H21NO3. The van der Waals surface area contributed by atoms with Gasteiger partial charge in [-0.1, -0.05) is 36.8 Å². The molecule has 4 heteroatoms. The Labute approximate surface area is 119 Å². The van der Waals surface area contributed by atoms with Crippen molar-refractivity contribution in [1.29, 1.82) is 0 Å². The Balaban J connectivity index is 2.17. The summed E-state index contributed by atoms with van der Waals surface area (Å²) < 4.78 is 0. The predicted molar refractivity (Wildman–Crippen MR) is 76.4 cm³/mol. The van der Waals surface area contributed by atoms with Gasteiger partial charge in [-0.25, -0.2) is 0 Å². The highest BCUT2D eigenvalue weighted by atomic mass is 16.4. The number of amides is 1. The maximum Gasteiger partial charge on any atom is 0.305 e. The van der Waals surface area contributed by atoms with Gasteiger partial charge in [0.15, 0.2) is 0 Å². The summed E-state index contributed by atoms with van der Waals surface area (Å²) in [7, 11) is 0. The van der Waals surface area contributed by atoms with Crippen molar-refractivity contribution in [2.75, 3.05) is 0 Å². The predicted octanol–water partition coefficient (Wildman–Crippen LogP) is 2.48. The fourth-order valence-electron chi connectivity index (χ4n) is 2.78. The monoisotopic (exact) mass is 275 g/mol. The molecule has 0 bridgehead atoms. The van der Waals surface area contributed by atoms with E-state index in [0.717, 1.165) is 24.8 Å². The van der Waals surface area contributed by atoms with Crippen molar-refractivity contribution in [3.8, 4) is 0 Å². The van der Waals surface area contributed by atoms with Crippen LogP contribution in [0.3, 0.4) is 0 Å². The summed E-state index contributed by atoms with van der Waals surface area (Å²) in [4.78, 5) is 23.5. The first-order valence-corrected chi connectivity index (χ1v) is 6.96. The average Bonchev–Trinajstić information content (AvgIpc) is 2.25. The normalized spacial score (nSPS) is 17.1. The molecule has 108 valence electrons. The third-order valence-electron chi connectivity index (χ3n) is 4.01. The Kier molecular flexibility index (Phi) is 3.84. The molecule has 0 aliphatic heterocycles. The fraction of sp³-hybridized carbons (Fsp3) is 0.500. The molecule has 0 saturated heterocycles. The number of hydrogen-bond acceptors (Lipinski definition) is 2. The average molecular weight is 275 g/mol. The zero-order valence-electron chi connectivity index (χ0n) is 12.0. The number of carbonyl (C=O) groups excluding carboxylic acids is 1. The molecule has 1 aliphatic rings. The maximum absolute atomic E-state index is 12.6. The summed E-state index contributed by atoms with van der Waals surface area (Å²) >= 11 is 0. The lowest BCUT2D eigenvalue weighted by Gasteiger charge is -2.42. The van der Waals surface area contributed by atoms with Gasteiger partial charge in [0.05, 0.1) is 11.8 Å². The van der Waals surface area contributed by atoms with E-state index in [4.69, 9.17) is 5.11 Å². The highest BCUT2D eigenvalue weighted by molar-refractivity contribution is 5.90. The lowest BCUT2D eigenvalue weighted by molar-refractivity contribution is -0.139. The van der Waals surface area contributed by atoms with Gasteiger partial charge in [-0.15, -0.1) is 0 Å². The van der Waals surface area contributed by atoms with Gasteiger partial charge in [-0.2, -0.15) is 0 Å². The molecule has 1 fully saturated rings. The molecule has 0 unspecified atom stereocenters. The largest absolute Gasteiger partial charge is 0.481 e. The van der Waals surface area contributed by atoms with Gasteiger partial charge in [0, 0.05) is 5.54 Å². The molecule has 0 atom stereocenters. The number of hydrogen-bond donors (Lipinski definition) is 2. The van der Waals surface area contributed by atoms with Crippen molar-refractivity contribution in [3.05, 3.63) is 35.9 Å². The standard InChI is InChI=1S/C16H21NO3/c1-15(2,11-13(18)19)17-14(20)16(9-6-10-16)12-7-4-3-5-8-12/h3-5,7-8H,6,9-11H2,1-2H3,(H,17,20)(H,18,19). The summed E-state index contributed by atoms with van der Waals surface area (Å²) in [5, 5.41) is 11.8. The Bertz CT molecular complexity index is 504. The van der Waals surface area contributed by atoms with Crippen molar-refractivity contribution >= 4 is 11.9 Å². The van der Waals surface area contributed by atoms with Crippen LogP contribution in [0.4, 0.5) is 0 Å². The Morgan fingerprint density at radius 1 is 1.25 bits per heavy atom. The van der Waals surface area contributed by atoms with Crippen LogP contribution in [-0.4, -0.2) is 22.5 Å². The van der Waals surface area contributed by atoms with Gasteiger partial charge in [-0.05, 0) is 32.3 Å². The summed E-state index contributed by atoms with van der Waals surface area (Å²) in [5.41, 5.74) is -0.188. The highest BCUT2D eigenvalue weighted by Crippen LogP contribution is 2.44. The van der Waals surface area contributed by atoms with Crippen LogP contribution in [0, 0.1) is 0 Å². The van der Waals surface area contributed by atoms with Crippen LogP contribution in [0.5, 0.6) is 0 Å². The minimum absolute atomic E-state index is 0.0544. The first-order chi connectivity index (χ1) is 9.36. The fourth-order valence-corrected chi connectivity index (χ4v) is 2.78. The zero-order valence-corrected chi connectivity index (χ0v) is 12.0. The molecule has 20 heavy (non-hydrogen) atoms. The van der Waals surface area contributed by atoms with Crippen LogP contribution in [0.2, 0.25) is 0 Å². The van der Waals surface area contributed by atoms with Gasteiger partial charge >= 0.3 is 5.97 Å². The Morgan fingerprint density at radius 3 is 2.30 bits per heavy atom. The highest BCUT2D eigenvalue weighted by Gasteiger charge is 2.46. The number of rotatable bonds is 5. The number of carboxylic acids is 1. The Hall–Kier alpha value is -1.84. The SMILES string of the molecule is CC(C)(CC(=O)O)NC(=O)C1(c2ccccc2)CCC1. The maximum atomic E-state index is 12.6. The van der Waals surface area contributed by atoms with E-state index in [1.54, 1.807) is 13.8 Å².